The zero-order chi connectivity index (χ0) is 12.8. The maximum atomic E-state index is 8.88. The second kappa shape index (κ2) is 6.09. The molecule has 0 spiro atoms. The summed E-state index contributed by atoms with van der Waals surface area (Å²) in [7, 11) is 1.64. The van der Waals surface area contributed by atoms with E-state index in [4.69, 9.17) is 14.6 Å². The summed E-state index contributed by atoms with van der Waals surface area (Å²) in [6.45, 7) is 0.450. The quantitative estimate of drug-likeness (QED) is 0.873. The van der Waals surface area contributed by atoms with Crippen LogP contribution >= 0.6 is 0 Å². The fraction of sp³-hybridized carbons (Fsp3) is 0.231. The predicted molar refractivity (Wildman–Crippen MR) is 65.2 cm³/mol. The number of hydrogen-bond acceptors (Lipinski definition) is 5. The number of rotatable bonds is 5. The monoisotopic (exact) mass is 246 g/mol. The number of hydrogen-bond donors (Lipinski definition) is 1. The average molecular weight is 246 g/mol. The fourth-order valence-corrected chi connectivity index (χ4v) is 1.45. The SMILES string of the molecule is COCc1cccc(Oc2ncc(CO)cn2)c1. The van der Waals surface area contributed by atoms with Gasteiger partial charge >= 0.3 is 6.01 Å². The minimum Gasteiger partial charge on any atom is -0.424 e. The van der Waals surface area contributed by atoms with E-state index in [-0.39, 0.29) is 12.6 Å². The van der Waals surface area contributed by atoms with Crippen LogP contribution in [0.25, 0.3) is 0 Å². The van der Waals surface area contributed by atoms with Crippen LogP contribution in [0.1, 0.15) is 11.1 Å². The first kappa shape index (κ1) is 12.5. The molecule has 18 heavy (non-hydrogen) atoms. The van der Waals surface area contributed by atoms with E-state index in [1.807, 2.05) is 24.3 Å². The molecule has 0 aliphatic rings. The molecule has 5 nitrogen and oxygen atoms in total. The van der Waals surface area contributed by atoms with Gasteiger partial charge in [0, 0.05) is 25.1 Å². The molecule has 5 heteroatoms. The maximum absolute atomic E-state index is 8.88. The molecule has 1 N–H and O–H groups in total. The minimum atomic E-state index is -0.0798. The molecule has 0 saturated carbocycles. The summed E-state index contributed by atoms with van der Waals surface area (Å²) in [6, 6.07) is 7.77. The molecule has 0 fully saturated rings. The topological polar surface area (TPSA) is 64.5 Å². The predicted octanol–water partition coefficient (Wildman–Crippen LogP) is 1.91. The summed E-state index contributed by atoms with van der Waals surface area (Å²) in [5.41, 5.74) is 1.66. The normalized spacial score (nSPS) is 10.3. The van der Waals surface area contributed by atoms with Gasteiger partial charge in [-0.15, -0.1) is 0 Å². The van der Waals surface area contributed by atoms with E-state index in [9.17, 15) is 0 Å². The van der Waals surface area contributed by atoms with Crippen molar-refractivity contribution >= 4 is 0 Å². The fourth-order valence-electron chi connectivity index (χ4n) is 1.45. The maximum Gasteiger partial charge on any atom is 0.321 e. The number of benzene rings is 1. The molecule has 0 unspecified atom stereocenters. The molecule has 0 bridgehead atoms. The zero-order valence-corrected chi connectivity index (χ0v) is 10.0. The van der Waals surface area contributed by atoms with Crippen molar-refractivity contribution in [2.75, 3.05) is 7.11 Å². The van der Waals surface area contributed by atoms with Crippen molar-refractivity contribution in [3.63, 3.8) is 0 Å². The highest BCUT2D eigenvalue weighted by atomic mass is 16.5. The number of ether oxygens (including phenoxy) is 2. The second-order valence-electron chi connectivity index (χ2n) is 3.71. The first-order valence-electron chi connectivity index (χ1n) is 5.49. The standard InChI is InChI=1S/C13H14N2O3/c1-17-9-10-3-2-4-12(5-10)18-13-14-6-11(8-16)7-15-13/h2-7,16H,8-9H2,1H3. The van der Waals surface area contributed by atoms with Gasteiger partial charge in [-0.2, -0.15) is 0 Å². The first-order valence-corrected chi connectivity index (χ1v) is 5.49. The van der Waals surface area contributed by atoms with E-state index < -0.39 is 0 Å². The van der Waals surface area contributed by atoms with E-state index in [0.717, 1.165) is 5.56 Å². The summed E-state index contributed by atoms with van der Waals surface area (Å²) in [5, 5.41) is 8.88. The summed E-state index contributed by atoms with van der Waals surface area (Å²) in [4.78, 5) is 7.99. The summed E-state index contributed by atoms with van der Waals surface area (Å²) in [6.07, 6.45) is 3.06. The summed E-state index contributed by atoms with van der Waals surface area (Å²) in [5.74, 6) is 0.654. The van der Waals surface area contributed by atoms with Crippen LogP contribution in [0.3, 0.4) is 0 Å². The van der Waals surface area contributed by atoms with Gasteiger partial charge in [0.05, 0.1) is 13.2 Å². The molecule has 1 heterocycles. The van der Waals surface area contributed by atoms with Crippen LogP contribution < -0.4 is 4.74 Å². The van der Waals surface area contributed by atoms with Gasteiger partial charge in [0.15, 0.2) is 0 Å². The largest absolute Gasteiger partial charge is 0.424 e. The van der Waals surface area contributed by atoms with Crippen molar-refractivity contribution in [3.05, 3.63) is 47.8 Å². The molecule has 0 amide bonds. The number of aromatic nitrogens is 2. The Labute approximate surface area is 105 Å². The zero-order valence-electron chi connectivity index (χ0n) is 10.0. The molecular weight excluding hydrogens is 232 g/mol. The van der Waals surface area contributed by atoms with Crippen LogP contribution in [0.4, 0.5) is 0 Å². The third-order valence-electron chi connectivity index (χ3n) is 2.28. The molecule has 0 saturated heterocycles. The van der Waals surface area contributed by atoms with Crippen molar-refractivity contribution in [1.29, 1.82) is 0 Å². The smallest absolute Gasteiger partial charge is 0.321 e. The number of nitrogens with zero attached hydrogens (tertiary/aromatic N) is 2. The highest BCUT2D eigenvalue weighted by Gasteiger charge is 2.02. The lowest BCUT2D eigenvalue weighted by molar-refractivity contribution is 0.184. The van der Waals surface area contributed by atoms with Crippen LogP contribution in [-0.4, -0.2) is 22.2 Å². The first-order chi connectivity index (χ1) is 8.81. The highest BCUT2D eigenvalue weighted by Crippen LogP contribution is 2.19. The van der Waals surface area contributed by atoms with Crippen molar-refractivity contribution in [3.8, 4) is 11.8 Å². The van der Waals surface area contributed by atoms with Gasteiger partial charge in [-0.3, -0.25) is 0 Å². The van der Waals surface area contributed by atoms with Crippen LogP contribution in [-0.2, 0) is 18.0 Å². The average Bonchev–Trinajstić information content (AvgIpc) is 2.40. The Hall–Kier alpha value is -1.98. The lowest BCUT2D eigenvalue weighted by Gasteiger charge is -2.05. The highest BCUT2D eigenvalue weighted by molar-refractivity contribution is 5.30. The number of aliphatic hydroxyl groups excluding tert-OH is 1. The molecule has 1 aromatic carbocycles. The van der Waals surface area contributed by atoms with Gasteiger partial charge in [-0.05, 0) is 17.7 Å². The third-order valence-corrected chi connectivity index (χ3v) is 2.28. The van der Waals surface area contributed by atoms with Gasteiger partial charge < -0.3 is 14.6 Å². The lowest BCUT2D eigenvalue weighted by Crippen LogP contribution is -1.95. The van der Waals surface area contributed by atoms with Gasteiger partial charge in [0.1, 0.15) is 5.75 Å². The van der Waals surface area contributed by atoms with E-state index in [2.05, 4.69) is 9.97 Å². The summed E-state index contributed by atoms with van der Waals surface area (Å²) < 4.78 is 10.6. The Morgan fingerprint density at radius 2 is 1.94 bits per heavy atom. The summed E-state index contributed by atoms with van der Waals surface area (Å²) >= 11 is 0. The molecular formula is C13H14N2O3. The molecule has 2 rings (SSSR count). The Balaban J connectivity index is 2.09. The Morgan fingerprint density at radius 3 is 2.61 bits per heavy atom. The van der Waals surface area contributed by atoms with Crippen molar-refractivity contribution in [2.45, 2.75) is 13.2 Å². The number of methoxy groups -OCH3 is 1. The van der Waals surface area contributed by atoms with Gasteiger partial charge in [-0.1, -0.05) is 12.1 Å². The number of aliphatic hydroxyl groups is 1. The van der Waals surface area contributed by atoms with Crippen LogP contribution in [0.2, 0.25) is 0 Å². The molecule has 1 aromatic heterocycles. The van der Waals surface area contributed by atoms with E-state index in [1.54, 1.807) is 7.11 Å². The Kier molecular flexibility index (Phi) is 4.22. The van der Waals surface area contributed by atoms with Gasteiger partial charge in [0.2, 0.25) is 0 Å². The third kappa shape index (κ3) is 3.26. The second-order valence-corrected chi connectivity index (χ2v) is 3.71. The molecule has 0 aliphatic heterocycles. The minimum absolute atomic E-state index is 0.0798. The van der Waals surface area contributed by atoms with Gasteiger partial charge in [0.25, 0.3) is 0 Å². The lowest BCUT2D eigenvalue weighted by atomic mass is 10.2. The Morgan fingerprint density at radius 1 is 1.17 bits per heavy atom. The van der Waals surface area contributed by atoms with E-state index in [0.29, 0.717) is 17.9 Å². The Bertz CT molecular complexity index is 500. The van der Waals surface area contributed by atoms with Gasteiger partial charge in [-0.25, -0.2) is 9.97 Å². The van der Waals surface area contributed by atoms with Crippen LogP contribution in [0.15, 0.2) is 36.7 Å². The van der Waals surface area contributed by atoms with Crippen molar-refractivity contribution < 1.29 is 14.6 Å². The molecule has 2 aromatic rings. The molecule has 94 valence electrons. The molecule has 0 radical (unpaired) electrons. The van der Waals surface area contributed by atoms with Crippen LogP contribution in [0.5, 0.6) is 11.8 Å². The van der Waals surface area contributed by atoms with Crippen molar-refractivity contribution in [1.82, 2.24) is 9.97 Å². The van der Waals surface area contributed by atoms with Crippen molar-refractivity contribution in [2.24, 2.45) is 0 Å². The molecule has 0 atom stereocenters. The molecule has 0 aliphatic carbocycles. The van der Waals surface area contributed by atoms with E-state index in [1.165, 1.54) is 12.4 Å². The van der Waals surface area contributed by atoms with Crippen LogP contribution in [0, 0.1) is 0 Å². The van der Waals surface area contributed by atoms with E-state index >= 15 is 0 Å².